The molecule has 0 bridgehead atoms. The van der Waals surface area contributed by atoms with Gasteiger partial charge in [0, 0.05) is 35.0 Å². The van der Waals surface area contributed by atoms with E-state index in [0.29, 0.717) is 5.69 Å². The molecule has 15 heavy (non-hydrogen) atoms. The number of anilines is 1. The van der Waals surface area contributed by atoms with Crippen LogP contribution in [0.4, 0.5) is 5.13 Å². The third-order valence-electron chi connectivity index (χ3n) is 1.71. The maximum absolute atomic E-state index is 4.68. The van der Waals surface area contributed by atoms with Gasteiger partial charge in [0.15, 0.2) is 6.26 Å². The molecular formula is C7H5N5OS2. The second-order valence-corrected chi connectivity index (χ2v) is 4.49. The van der Waals surface area contributed by atoms with Crippen molar-refractivity contribution in [2.45, 2.75) is 0 Å². The van der Waals surface area contributed by atoms with Gasteiger partial charge in [-0.3, -0.25) is 5.43 Å². The van der Waals surface area contributed by atoms with E-state index in [1.165, 1.54) is 18.2 Å². The molecule has 0 unspecified atom stereocenters. The van der Waals surface area contributed by atoms with Crippen molar-refractivity contribution in [3.63, 3.8) is 0 Å². The first-order chi connectivity index (χ1) is 7.43. The van der Waals surface area contributed by atoms with Gasteiger partial charge in [-0.1, -0.05) is 0 Å². The lowest BCUT2D eigenvalue weighted by molar-refractivity contribution is 0.393. The van der Waals surface area contributed by atoms with Crippen LogP contribution in [0.5, 0.6) is 0 Å². The highest BCUT2D eigenvalue weighted by atomic mass is 32.2. The molecule has 2 aromatic rings. The van der Waals surface area contributed by atoms with Gasteiger partial charge in [-0.05, 0) is 0 Å². The maximum atomic E-state index is 4.68. The van der Waals surface area contributed by atoms with E-state index < -0.39 is 0 Å². The summed E-state index contributed by atoms with van der Waals surface area (Å²) in [6.45, 7) is 0. The zero-order chi connectivity index (χ0) is 10.1. The molecule has 3 heterocycles. The molecule has 0 atom stereocenters. The average Bonchev–Trinajstić information content (AvgIpc) is 3.02. The van der Waals surface area contributed by atoms with Crippen LogP contribution < -0.4 is 9.84 Å². The Morgan fingerprint density at radius 3 is 3.20 bits per heavy atom. The zero-order valence-electron chi connectivity index (χ0n) is 7.32. The highest BCUT2D eigenvalue weighted by Gasteiger charge is 2.20. The first-order valence-corrected chi connectivity index (χ1v) is 5.70. The second-order valence-electron chi connectivity index (χ2n) is 2.63. The second kappa shape index (κ2) is 3.55. The highest BCUT2D eigenvalue weighted by Crippen LogP contribution is 2.36. The van der Waals surface area contributed by atoms with E-state index in [2.05, 4.69) is 25.3 Å². The number of thiazole rings is 1. The Balaban J connectivity index is 1.78. The Morgan fingerprint density at radius 1 is 1.47 bits per heavy atom. The van der Waals surface area contributed by atoms with E-state index >= 15 is 0 Å². The van der Waals surface area contributed by atoms with Crippen molar-refractivity contribution in [2.24, 2.45) is 0 Å². The van der Waals surface area contributed by atoms with Crippen LogP contribution in [0.25, 0.3) is 4.91 Å². The van der Waals surface area contributed by atoms with E-state index in [4.69, 9.17) is 0 Å². The van der Waals surface area contributed by atoms with Gasteiger partial charge in [-0.2, -0.15) is 4.41 Å². The Hall–Kier alpha value is -1.54. The van der Waals surface area contributed by atoms with Crippen molar-refractivity contribution in [1.29, 1.82) is 0 Å². The lowest BCUT2D eigenvalue weighted by Gasteiger charge is -2.11. The first kappa shape index (κ1) is 8.74. The summed E-state index contributed by atoms with van der Waals surface area (Å²) in [6, 6.07) is 0. The average molecular weight is 239 g/mol. The van der Waals surface area contributed by atoms with Gasteiger partial charge in [-0.25, -0.2) is 4.98 Å². The fourth-order valence-electron chi connectivity index (χ4n) is 1.07. The summed E-state index contributed by atoms with van der Waals surface area (Å²) in [4.78, 5) is 5.13. The van der Waals surface area contributed by atoms with E-state index in [1.807, 2.05) is 16.0 Å². The Kier molecular flexibility index (Phi) is 2.07. The molecule has 8 heteroatoms. The van der Waals surface area contributed by atoms with Crippen molar-refractivity contribution < 1.29 is 4.52 Å². The SMILES string of the molecule is C1=C(c2conn2)SN(c2nccs2)N1. The number of rotatable bonds is 2. The number of aromatic nitrogens is 3. The normalized spacial score (nSPS) is 15.2. The van der Waals surface area contributed by atoms with Crippen LogP contribution in [-0.4, -0.2) is 15.4 Å². The minimum absolute atomic E-state index is 0.714. The highest BCUT2D eigenvalue weighted by molar-refractivity contribution is 8.09. The van der Waals surface area contributed by atoms with Crippen LogP contribution in [-0.2, 0) is 0 Å². The van der Waals surface area contributed by atoms with Crippen LogP contribution in [0.2, 0.25) is 0 Å². The Bertz CT molecular complexity index is 466. The number of hydrazine groups is 1. The minimum Gasteiger partial charge on any atom is -0.345 e. The standard InChI is InChI=1S/C7H5N5OS2/c1-2-14-7(8-1)12-9-3-6(15-12)5-4-13-11-10-5/h1-4,9H. The maximum Gasteiger partial charge on any atom is 0.215 e. The van der Waals surface area contributed by atoms with Gasteiger partial charge < -0.3 is 4.52 Å². The first-order valence-electron chi connectivity index (χ1n) is 4.05. The molecule has 3 rings (SSSR count). The molecule has 0 aliphatic carbocycles. The van der Waals surface area contributed by atoms with Crippen LogP contribution in [0.3, 0.4) is 0 Å². The lowest BCUT2D eigenvalue weighted by atomic mass is 10.5. The predicted octanol–water partition coefficient (Wildman–Crippen LogP) is 1.50. The summed E-state index contributed by atoms with van der Waals surface area (Å²) >= 11 is 3.05. The van der Waals surface area contributed by atoms with Gasteiger partial charge >= 0.3 is 0 Å². The summed E-state index contributed by atoms with van der Waals surface area (Å²) in [5.41, 5.74) is 3.78. The van der Waals surface area contributed by atoms with E-state index in [0.717, 1.165) is 10.0 Å². The van der Waals surface area contributed by atoms with Gasteiger partial charge in [0.2, 0.25) is 5.13 Å². The molecule has 0 radical (unpaired) electrons. The summed E-state index contributed by atoms with van der Waals surface area (Å²) in [5, 5.41) is 10.1. The Labute approximate surface area is 93.1 Å². The fourth-order valence-corrected chi connectivity index (χ4v) is 2.54. The number of nitrogens with one attached hydrogen (secondary N) is 1. The summed E-state index contributed by atoms with van der Waals surface area (Å²) < 4.78 is 6.53. The topological polar surface area (TPSA) is 67.1 Å². The van der Waals surface area contributed by atoms with Gasteiger partial charge in [0.1, 0.15) is 5.69 Å². The smallest absolute Gasteiger partial charge is 0.215 e. The van der Waals surface area contributed by atoms with Crippen molar-refractivity contribution in [1.82, 2.24) is 20.8 Å². The summed E-state index contributed by atoms with van der Waals surface area (Å²) in [6.07, 6.45) is 5.11. The van der Waals surface area contributed by atoms with Crippen LogP contribution in [0, 0.1) is 0 Å². The lowest BCUT2D eigenvalue weighted by Crippen LogP contribution is -2.21. The van der Waals surface area contributed by atoms with Crippen LogP contribution in [0.1, 0.15) is 5.69 Å². The molecule has 0 saturated heterocycles. The summed E-state index contributed by atoms with van der Waals surface area (Å²) in [5.74, 6) is 0. The van der Waals surface area contributed by atoms with Crippen molar-refractivity contribution in [3.8, 4) is 0 Å². The minimum atomic E-state index is 0.714. The predicted molar refractivity (Wildman–Crippen MR) is 57.6 cm³/mol. The third-order valence-corrected chi connectivity index (χ3v) is 3.56. The molecule has 6 nitrogen and oxygen atoms in total. The number of hydrogen-bond acceptors (Lipinski definition) is 8. The molecule has 0 fully saturated rings. The Morgan fingerprint density at radius 2 is 2.47 bits per heavy atom. The molecule has 0 spiro atoms. The third kappa shape index (κ3) is 1.57. The van der Waals surface area contributed by atoms with E-state index in [1.54, 1.807) is 17.5 Å². The van der Waals surface area contributed by atoms with E-state index in [-0.39, 0.29) is 0 Å². The van der Waals surface area contributed by atoms with Gasteiger partial charge in [0.05, 0.1) is 4.91 Å². The molecule has 1 aliphatic heterocycles. The molecule has 0 aromatic carbocycles. The quantitative estimate of drug-likeness (QED) is 0.796. The van der Waals surface area contributed by atoms with Crippen molar-refractivity contribution in [3.05, 3.63) is 29.7 Å². The monoisotopic (exact) mass is 239 g/mol. The van der Waals surface area contributed by atoms with Crippen LogP contribution >= 0.6 is 23.3 Å². The van der Waals surface area contributed by atoms with Gasteiger partial charge in [0.25, 0.3) is 0 Å². The van der Waals surface area contributed by atoms with Crippen molar-refractivity contribution in [2.75, 3.05) is 4.41 Å². The number of nitrogens with zero attached hydrogens (tertiary/aromatic N) is 4. The molecule has 0 saturated carbocycles. The molecule has 1 aliphatic rings. The molecule has 1 N–H and O–H groups in total. The van der Waals surface area contributed by atoms with Crippen molar-refractivity contribution >= 4 is 33.3 Å². The largest absolute Gasteiger partial charge is 0.345 e. The van der Waals surface area contributed by atoms with Gasteiger partial charge in [-0.15, -0.1) is 16.4 Å². The van der Waals surface area contributed by atoms with E-state index in [9.17, 15) is 0 Å². The summed E-state index contributed by atoms with van der Waals surface area (Å²) in [7, 11) is 0. The fraction of sp³-hybridized carbons (Fsp3) is 0. The zero-order valence-corrected chi connectivity index (χ0v) is 8.96. The molecule has 0 amide bonds. The van der Waals surface area contributed by atoms with Crippen LogP contribution in [0.15, 0.2) is 28.6 Å². The number of hydrogen-bond donors (Lipinski definition) is 1. The molecular weight excluding hydrogens is 234 g/mol. The molecule has 76 valence electrons. The molecule has 2 aromatic heterocycles.